The molecule has 22 heavy (non-hydrogen) atoms. The number of unbranched alkanes of at least 4 members (excludes halogenated alkanes) is 1. The van der Waals surface area contributed by atoms with Crippen molar-refractivity contribution in [2.45, 2.75) is 50.6 Å². The molecule has 2 aliphatic rings. The van der Waals surface area contributed by atoms with Crippen LogP contribution in [0.4, 0.5) is 0 Å². The van der Waals surface area contributed by atoms with Crippen molar-refractivity contribution in [1.29, 1.82) is 5.26 Å². The molecule has 0 radical (unpaired) electrons. The first-order valence-electron chi connectivity index (χ1n) is 8.39. The maximum Gasteiger partial charge on any atom is 0.157 e. The van der Waals surface area contributed by atoms with Crippen LogP contribution in [0.5, 0.6) is 0 Å². The number of carbonyl (C=O) groups excluding carboxylic acids is 1. The molecule has 116 valence electrons. The molecule has 3 heteroatoms. The number of rotatable bonds is 4. The summed E-state index contributed by atoms with van der Waals surface area (Å²) in [5, 5.41) is 9.53. The van der Waals surface area contributed by atoms with Crippen molar-refractivity contribution in [2.24, 2.45) is 11.8 Å². The fourth-order valence-corrected chi connectivity index (χ4v) is 4.55. The summed E-state index contributed by atoms with van der Waals surface area (Å²) in [7, 11) is 2.03. The lowest BCUT2D eigenvalue weighted by Gasteiger charge is -2.42. The number of benzene rings is 1. The molecule has 2 bridgehead atoms. The van der Waals surface area contributed by atoms with Gasteiger partial charge in [-0.1, -0.05) is 50.1 Å². The molecule has 2 heterocycles. The lowest BCUT2D eigenvalue weighted by atomic mass is 9.72. The average molecular weight is 296 g/mol. The molecule has 1 aromatic carbocycles. The van der Waals surface area contributed by atoms with Crippen LogP contribution in [0.25, 0.3) is 0 Å². The molecule has 2 saturated heterocycles. The predicted octanol–water partition coefficient (Wildman–Crippen LogP) is 3.37. The third-order valence-corrected chi connectivity index (χ3v) is 5.57. The smallest absolute Gasteiger partial charge is 0.157 e. The number of Topliss-reactive ketones (excluding diaryl/α,β-unsaturated/α-hetero) is 1. The van der Waals surface area contributed by atoms with Gasteiger partial charge in [0.2, 0.25) is 0 Å². The van der Waals surface area contributed by atoms with Crippen molar-refractivity contribution in [2.75, 3.05) is 7.05 Å². The topological polar surface area (TPSA) is 44.1 Å². The monoisotopic (exact) mass is 296 g/mol. The van der Waals surface area contributed by atoms with Crippen molar-refractivity contribution in [3.63, 3.8) is 0 Å². The molecule has 0 saturated carbocycles. The summed E-state index contributed by atoms with van der Waals surface area (Å²) in [4.78, 5) is 15.3. The highest BCUT2D eigenvalue weighted by atomic mass is 16.1. The quantitative estimate of drug-likeness (QED) is 0.855. The number of fused-ring (bicyclic) bond motifs is 2. The highest BCUT2D eigenvalue weighted by Gasteiger charge is 2.55. The van der Waals surface area contributed by atoms with Crippen LogP contribution in [-0.2, 0) is 4.79 Å². The van der Waals surface area contributed by atoms with E-state index in [9.17, 15) is 10.1 Å². The van der Waals surface area contributed by atoms with Gasteiger partial charge >= 0.3 is 0 Å². The van der Waals surface area contributed by atoms with Crippen LogP contribution >= 0.6 is 0 Å². The van der Waals surface area contributed by atoms with Crippen molar-refractivity contribution < 1.29 is 4.79 Å². The van der Waals surface area contributed by atoms with Gasteiger partial charge in [0.05, 0.1) is 18.0 Å². The van der Waals surface area contributed by atoms with Gasteiger partial charge in [-0.25, -0.2) is 0 Å². The summed E-state index contributed by atoms with van der Waals surface area (Å²) in [5.41, 5.74) is 1.13. The van der Waals surface area contributed by atoms with E-state index in [4.69, 9.17) is 0 Å². The zero-order valence-electron chi connectivity index (χ0n) is 13.4. The van der Waals surface area contributed by atoms with Crippen molar-refractivity contribution in [3.8, 4) is 6.07 Å². The zero-order chi connectivity index (χ0) is 15.7. The lowest BCUT2D eigenvalue weighted by molar-refractivity contribution is -0.130. The first-order chi connectivity index (χ1) is 10.7. The summed E-state index contributed by atoms with van der Waals surface area (Å²) in [6, 6.07) is 12.8. The molecule has 0 spiro atoms. The van der Waals surface area contributed by atoms with Crippen LogP contribution in [-0.4, -0.2) is 29.8 Å². The van der Waals surface area contributed by atoms with E-state index in [-0.39, 0.29) is 29.8 Å². The summed E-state index contributed by atoms with van der Waals surface area (Å²) in [6.45, 7) is 2.19. The Morgan fingerprint density at radius 2 is 2.05 bits per heavy atom. The van der Waals surface area contributed by atoms with Crippen LogP contribution in [0.3, 0.4) is 0 Å². The third-order valence-electron chi connectivity index (χ3n) is 5.57. The minimum Gasteiger partial charge on any atom is -0.297 e. The highest BCUT2D eigenvalue weighted by molar-refractivity contribution is 5.92. The van der Waals surface area contributed by atoms with E-state index in [1.807, 2.05) is 25.2 Å². The first kappa shape index (κ1) is 15.2. The molecule has 1 aromatic rings. The minimum absolute atomic E-state index is 0.00508. The van der Waals surface area contributed by atoms with Crippen LogP contribution in [0.2, 0.25) is 0 Å². The van der Waals surface area contributed by atoms with Crippen molar-refractivity contribution >= 4 is 5.78 Å². The number of hydrogen-bond acceptors (Lipinski definition) is 3. The van der Waals surface area contributed by atoms with Crippen molar-refractivity contribution in [1.82, 2.24) is 4.90 Å². The molecule has 3 rings (SSSR count). The van der Waals surface area contributed by atoms with E-state index in [1.54, 1.807) is 0 Å². The molecule has 3 unspecified atom stereocenters. The second-order valence-electron chi connectivity index (χ2n) is 6.74. The number of nitrogens with zero attached hydrogens (tertiary/aromatic N) is 2. The maximum absolute atomic E-state index is 13.1. The van der Waals surface area contributed by atoms with E-state index in [2.05, 4.69) is 30.0 Å². The zero-order valence-corrected chi connectivity index (χ0v) is 13.4. The fourth-order valence-electron chi connectivity index (χ4n) is 4.55. The maximum atomic E-state index is 13.1. The normalized spacial score (nSPS) is 34.6. The van der Waals surface area contributed by atoms with E-state index in [1.165, 1.54) is 0 Å². The van der Waals surface area contributed by atoms with Gasteiger partial charge in [0.1, 0.15) is 0 Å². The molecule has 0 aliphatic carbocycles. The van der Waals surface area contributed by atoms with E-state index < -0.39 is 0 Å². The Labute approximate surface area is 132 Å². The number of ketones is 1. The van der Waals surface area contributed by atoms with Gasteiger partial charge in [0, 0.05) is 12.0 Å². The molecule has 0 amide bonds. The summed E-state index contributed by atoms with van der Waals surface area (Å²) >= 11 is 0. The van der Waals surface area contributed by atoms with Crippen LogP contribution in [0.15, 0.2) is 30.3 Å². The Morgan fingerprint density at radius 1 is 1.32 bits per heavy atom. The average Bonchev–Trinajstić information content (AvgIpc) is 2.81. The predicted molar refractivity (Wildman–Crippen MR) is 86.3 cm³/mol. The molecule has 2 fully saturated rings. The molecular formula is C19H24N2O. The summed E-state index contributed by atoms with van der Waals surface area (Å²) in [6.07, 6.45) is 3.99. The van der Waals surface area contributed by atoms with Gasteiger partial charge in [-0.2, -0.15) is 5.26 Å². The third kappa shape index (κ3) is 2.36. The lowest BCUT2D eigenvalue weighted by Crippen LogP contribution is -2.52. The minimum atomic E-state index is -0.0715. The standard InChI is InChI=1S/C19H24N2O/c1-3-4-10-15-17(13-8-6-5-7-9-13)19(22)16-11-14(12-20)18(15)21(16)2/h5-9,14-18H,3-4,10-11H2,1-2H3/t14?,15-,16?,17-,18?/m1/s1. The van der Waals surface area contributed by atoms with Crippen LogP contribution < -0.4 is 0 Å². The molecule has 3 nitrogen and oxygen atoms in total. The van der Waals surface area contributed by atoms with E-state index >= 15 is 0 Å². The Bertz CT molecular complexity index is 577. The second-order valence-corrected chi connectivity index (χ2v) is 6.74. The number of piperidine rings is 1. The molecule has 5 atom stereocenters. The second kappa shape index (κ2) is 6.22. The van der Waals surface area contributed by atoms with Gasteiger partial charge < -0.3 is 0 Å². The summed E-state index contributed by atoms with van der Waals surface area (Å²) in [5.74, 6) is 0.555. The Morgan fingerprint density at radius 3 is 2.68 bits per heavy atom. The Balaban J connectivity index is 2.00. The highest BCUT2D eigenvalue weighted by Crippen LogP contribution is 2.48. The molecule has 0 aromatic heterocycles. The van der Waals surface area contributed by atoms with Gasteiger partial charge in [0.25, 0.3) is 0 Å². The number of carbonyl (C=O) groups is 1. The number of likely N-dealkylation sites (N-methyl/N-ethyl adjacent to an activating group) is 1. The SMILES string of the molecule is CCCC[C@H]1C2C(C#N)CC(C(=O)[C@@H]1c1ccccc1)N2C. The summed E-state index contributed by atoms with van der Waals surface area (Å²) < 4.78 is 0. The van der Waals surface area contributed by atoms with Gasteiger partial charge in [-0.05, 0) is 31.4 Å². The van der Waals surface area contributed by atoms with Gasteiger partial charge in [-0.3, -0.25) is 9.69 Å². The van der Waals surface area contributed by atoms with Crippen LogP contribution in [0, 0.1) is 23.2 Å². The number of hydrogen-bond donors (Lipinski definition) is 0. The molecule has 2 aliphatic heterocycles. The van der Waals surface area contributed by atoms with E-state index in [0.717, 1.165) is 24.8 Å². The van der Waals surface area contributed by atoms with E-state index in [0.29, 0.717) is 12.2 Å². The largest absolute Gasteiger partial charge is 0.297 e. The fraction of sp³-hybridized carbons (Fsp3) is 0.579. The van der Waals surface area contributed by atoms with Crippen molar-refractivity contribution in [3.05, 3.63) is 35.9 Å². The van der Waals surface area contributed by atoms with Gasteiger partial charge in [-0.15, -0.1) is 0 Å². The van der Waals surface area contributed by atoms with Crippen LogP contribution in [0.1, 0.15) is 44.1 Å². The van der Waals surface area contributed by atoms with Gasteiger partial charge in [0.15, 0.2) is 5.78 Å². The molecular weight excluding hydrogens is 272 g/mol. The Hall–Kier alpha value is -1.66. The number of nitriles is 1. The first-order valence-corrected chi connectivity index (χ1v) is 8.39. The Kier molecular flexibility index (Phi) is 4.31. The molecule has 0 N–H and O–H groups in total.